The molecule has 0 aliphatic carbocycles. The Bertz CT molecular complexity index is 923. The minimum absolute atomic E-state index is 0.258. The molecule has 56 heavy (non-hydrogen) atoms. The second kappa shape index (κ2) is 35.8. The van der Waals surface area contributed by atoms with Crippen molar-refractivity contribution in [2.75, 3.05) is 13.2 Å². The van der Waals surface area contributed by atoms with E-state index in [9.17, 15) is 40.5 Å². The van der Waals surface area contributed by atoms with Gasteiger partial charge in [0.1, 0.15) is 36.6 Å². The number of hydrogen-bond donors (Lipinski definition) is 8. The van der Waals surface area contributed by atoms with E-state index in [0.717, 1.165) is 38.5 Å². The SMILES string of the molecule is CCCCCCC/C=C/CCCC(O)C(O)C(COC1OC(CO)C(O)C(O)C1O)NC(=O)C(O)CCCCCCCCCCCCCCCCCCCCC. The lowest BCUT2D eigenvalue weighted by Crippen LogP contribution is -2.60. The van der Waals surface area contributed by atoms with E-state index in [4.69, 9.17) is 9.47 Å². The number of aliphatic hydroxyl groups excluding tert-OH is 7. The molecule has 1 aliphatic heterocycles. The molecule has 11 heteroatoms. The van der Waals surface area contributed by atoms with Gasteiger partial charge in [-0.25, -0.2) is 0 Å². The number of carbonyl (C=O) groups is 1. The molecule has 0 radical (unpaired) electrons. The number of amides is 1. The monoisotopic (exact) mass is 802 g/mol. The van der Waals surface area contributed by atoms with Gasteiger partial charge in [-0.05, 0) is 38.5 Å². The van der Waals surface area contributed by atoms with Crippen molar-refractivity contribution in [3.63, 3.8) is 0 Å². The van der Waals surface area contributed by atoms with Gasteiger partial charge in [0, 0.05) is 0 Å². The van der Waals surface area contributed by atoms with E-state index >= 15 is 0 Å². The summed E-state index contributed by atoms with van der Waals surface area (Å²) in [6.45, 7) is 3.39. The average molecular weight is 802 g/mol. The van der Waals surface area contributed by atoms with E-state index in [1.807, 2.05) is 0 Å². The summed E-state index contributed by atoms with van der Waals surface area (Å²) in [4.78, 5) is 13.1. The quantitative estimate of drug-likeness (QED) is 0.0233. The topological polar surface area (TPSA) is 189 Å². The van der Waals surface area contributed by atoms with Gasteiger partial charge in [0.2, 0.25) is 5.91 Å². The van der Waals surface area contributed by atoms with Crippen molar-refractivity contribution in [2.45, 2.75) is 255 Å². The molecule has 11 nitrogen and oxygen atoms in total. The molecule has 0 bridgehead atoms. The Balaban J connectivity index is 2.41. The van der Waals surface area contributed by atoms with E-state index in [0.29, 0.717) is 12.8 Å². The van der Waals surface area contributed by atoms with Gasteiger partial charge < -0.3 is 50.5 Å². The Kier molecular flexibility index (Phi) is 33.8. The van der Waals surface area contributed by atoms with Gasteiger partial charge in [0.15, 0.2) is 6.29 Å². The van der Waals surface area contributed by atoms with Crippen LogP contribution in [-0.2, 0) is 14.3 Å². The van der Waals surface area contributed by atoms with Gasteiger partial charge in [0.25, 0.3) is 0 Å². The van der Waals surface area contributed by atoms with Crippen LogP contribution in [0.15, 0.2) is 12.2 Å². The number of aliphatic hydroxyl groups is 7. The van der Waals surface area contributed by atoms with Crippen LogP contribution < -0.4 is 5.32 Å². The first-order valence-corrected chi connectivity index (χ1v) is 23.1. The molecule has 1 rings (SSSR count). The smallest absolute Gasteiger partial charge is 0.249 e. The lowest BCUT2D eigenvalue weighted by Gasteiger charge is -2.40. The lowest BCUT2D eigenvalue weighted by atomic mass is 9.98. The third kappa shape index (κ3) is 25.4. The zero-order valence-corrected chi connectivity index (χ0v) is 35.6. The summed E-state index contributed by atoms with van der Waals surface area (Å²) in [6.07, 6.45) is 25.6. The third-order valence-corrected chi connectivity index (χ3v) is 11.3. The first-order chi connectivity index (χ1) is 27.2. The number of rotatable bonds is 38. The molecule has 9 atom stereocenters. The normalized spacial score (nSPS) is 22.3. The van der Waals surface area contributed by atoms with E-state index in [-0.39, 0.29) is 12.8 Å². The third-order valence-electron chi connectivity index (χ3n) is 11.3. The molecule has 1 aliphatic rings. The first kappa shape index (κ1) is 52.9. The molecule has 0 aromatic carbocycles. The summed E-state index contributed by atoms with van der Waals surface area (Å²) in [6, 6.07) is -1.18. The lowest BCUT2D eigenvalue weighted by molar-refractivity contribution is -0.303. The Labute approximate surface area is 341 Å². The van der Waals surface area contributed by atoms with Crippen molar-refractivity contribution in [3.05, 3.63) is 12.2 Å². The number of allylic oxidation sites excluding steroid dienone is 2. The van der Waals surface area contributed by atoms with Gasteiger partial charge in [-0.1, -0.05) is 174 Å². The molecule has 0 spiro atoms. The van der Waals surface area contributed by atoms with E-state index in [1.165, 1.54) is 122 Å². The first-order valence-electron chi connectivity index (χ1n) is 23.1. The Morgan fingerprint density at radius 3 is 1.54 bits per heavy atom. The highest BCUT2D eigenvalue weighted by Crippen LogP contribution is 2.23. The Hall–Kier alpha value is -1.15. The van der Waals surface area contributed by atoms with Crippen LogP contribution >= 0.6 is 0 Å². The molecule has 8 N–H and O–H groups in total. The van der Waals surface area contributed by atoms with Crippen LogP contribution in [0.4, 0.5) is 0 Å². The second-order valence-corrected chi connectivity index (χ2v) is 16.5. The van der Waals surface area contributed by atoms with Gasteiger partial charge in [0.05, 0.1) is 25.4 Å². The van der Waals surface area contributed by atoms with Crippen LogP contribution in [0.2, 0.25) is 0 Å². The molecule has 0 saturated carbocycles. The van der Waals surface area contributed by atoms with Crippen molar-refractivity contribution in [3.8, 4) is 0 Å². The average Bonchev–Trinajstić information content (AvgIpc) is 3.20. The second-order valence-electron chi connectivity index (χ2n) is 16.5. The van der Waals surface area contributed by atoms with Gasteiger partial charge in [-0.15, -0.1) is 0 Å². The van der Waals surface area contributed by atoms with Crippen LogP contribution in [0.25, 0.3) is 0 Å². The molecule has 0 aromatic rings. The Morgan fingerprint density at radius 1 is 0.607 bits per heavy atom. The fraction of sp³-hybridized carbons (Fsp3) is 0.933. The molecular formula is C45H87NO10. The summed E-state index contributed by atoms with van der Waals surface area (Å²) in [5.41, 5.74) is 0. The van der Waals surface area contributed by atoms with Gasteiger partial charge >= 0.3 is 0 Å². The fourth-order valence-corrected chi connectivity index (χ4v) is 7.44. The molecule has 1 saturated heterocycles. The standard InChI is InChI=1S/C45H87NO10/c1-3-5-7-9-11-13-15-16-17-18-19-20-21-22-23-25-27-29-31-33-38(49)44(54)46-36(35-55-45-43(53)42(52)41(51)39(34-47)56-45)40(50)37(48)32-30-28-26-24-14-12-10-8-6-4-2/h24,26,36-43,45,47-53H,3-23,25,27-35H2,1-2H3,(H,46,54)/b26-24+. The Morgan fingerprint density at radius 2 is 1.05 bits per heavy atom. The molecule has 1 heterocycles. The highest BCUT2D eigenvalue weighted by atomic mass is 16.7. The van der Waals surface area contributed by atoms with Crippen LogP contribution in [0.1, 0.15) is 200 Å². The van der Waals surface area contributed by atoms with Crippen LogP contribution in [0.3, 0.4) is 0 Å². The summed E-state index contributed by atoms with van der Waals surface area (Å²) in [5, 5.41) is 75.4. The molecule has 1 fully saturated rings. The summed E-state index contributed by atoms with van der Waals surface area (Å²) >= 11 is 0. The number of hydrogen-bond acceptors (Lipinski definition) is 10. The molecule has 9 unspecified atom stereocenters. The van der Waals surface area contributed by atoms with Crippen molar-refractivity contribution in [1.29, 1.82) is 0 Å². The zero-order chi connectivity index (χ0) is 41.2. The van der Waals surface area contributed by atoms with Crippen molar-refractivity contribution in [1.82, 2.24) is 5.32 Å². The van der Waals surface area contributed by atoms with E-state index < -0.39 is 74.2 Å². The largest absolute Gasteiger partial charge is 0.394 e. The predicted molar refractivity (Wildman–Crippen MR) is 224 cm³/mol. The molecule has 0 aromatic heterocycles. The van der Waals surface area contributed by atoms with Gasteiger partial charge in [-0.3, -0.25) is 4.79 Å². The number of unbranched alkanes of at least 4 members (excludes halogenated alkanes) is 24. The molecule has 1 amide bonds. The van der Waals surface area contributed by atoms with Crippen molar-refractivity contribution >= 4 is 5.91 Å². The maximum atomic E-state index is 13.1. The van der Waals surface area contributed by atoms with Crippen molar-refractivity contribution in [2.24, 2.45) is 0 Å². The minimum atomic E-state index is -1.66. The highest BCUT2D eigenvalue weighted by Gasteiger charge is 2.44. The number of nitrogens with one attached hydrogen (secondary N) is 1. The van der Waals surface area contributed by atoms with Gasteiger partial charge in [-0.2, -0.15) is 0 Å². The van der Waals surface area contributed by atoms with E-state index in [1.54, 1.807) is 0 Å². The van der Waals surface area contributed by atoms with Crippen LogP contribution in [0.5, 0.6) is 0 Å². The predicted octanol–water partition coefficient (Wildman–Crippen LogP) is 7.28. The van der Waals surface area contributed by atoms with Crippen molar-refractivity contribution < 1.29 is 50.0 Å². The van der Waals surface area contributed by atoms with E-state index in [2.05, 4.69) is 31.3 Å². The number of carbonyl (C=O) groups excluding carboxylic acids is 1. The maximum Gasteiger partial charge on any atom is 0.249 e. The highest BCUT2D eigenvalue weighted by molar-refractivity contribution is 5.80. The van der Waals surface area contributed by atoms with Crippen LogP contribution in [0, 0.1) is 0 Å². The zero-order valence-electron chi connectivity index (χ0n) is 35.6. The van der Waals surface area contributed by atoms with Crippen LogP contribution in [-0.4, -0.2) is 110 Å². The minimum Gasteiger partial charge on any atom is -0.394 e. The molecular weight excluding hydrogens is 714 g/mol. The fourth-order valence-electron chi connectivity index (χ4n) is 7.44. The molecule has 332 valence electrons. The number of ether oxygens (including phenoxy) is 2. The summed E-state index contributed by atoms with van der Waals surface area (Å²) < 4.78 is 11.0. The summed E-state index contributed by atoms with van der Waals surface area (Å²) in [7, 11) is 0. The maximum absolute atomic E-state index is 13.1. The summed E-state index contributed by atoms with van der Waals surface area (Å²) in [5.74, 6) is -0.706.